The summed E-state index contributed by atoms with van der Waals surface area (Å²) >= 11 is 5.92. The van der Waals surface area contributed by atoms with E-state index in [2.05, 4.69) is 44.5 Å². The van der Waals surface area contributed by atoms with Crippen molar-refractivity contribution in [1.82, 2.24) is 24.9 Å². The summed E-state index contributed by atoms with van der Waals surface area (Å²) in [5.41, 5.74) is 26.2. The fraction of sp³-hybridized carbons (Fsp3) is 0.345. The van der Waals surface area contributed by atoms with Gasteiger partial charge in [-0.1, -0.05) is 11.6 Å². The summed E-state index contributed by atoms with van der Waals surface area (Å²) in [5, 5.41) is 0.754. The molecule has 0 saturated carbocycles. The van der Waals surface area contributed by atoms with Gasteiger partial charge in [0, 0.05) is 70.0 Å². The number of aromatic nitrogens is 5. The van der Waals surface area contributed by atoms with Crippen molar-refractivity contribution >= 4 is 57.9 Å². The Kier molecular flexibility index (Phi) is 9.37. The monoisotopic (exact) mass is 639 g/mol. The number of anilines is 8. The molecule has 0 unspecified atom stereocenters. The van der Waals surface area contributed by atoms with E-state index in [4.69, 9.17) is 34.5 Å². The number of pyridine rings is 1. The molecule has 0 bridgehead atoms. The average molecular weight is 640 g/mol. The van der Waals surface area contributed by atoms with E-state index >= 15 is 0 Å². The van der Waals surface area contributed by atoms with Crippen molar-refractivity contribution in [1.29, 1.82) is 0 Å². The third-order valence-electron chi connectivity index (χ3n) is 7.63. The zero-order valence-corrected chi connectivity index (χ0v) is 25.6. The second-order valence-corrected chi connectivity index (χ2v) is 11.1. The van der Waals surface area contributed by atoms with Gasteiger partial charge in [0.05, 0.1) is 35.7 Å². The molecule has 16 heteroatoms. The van der Waals surface area contributed by atoms with Crippen molar-refractivity contribution in [2.24, 2.45) is 0 Å². The van der Waals surface area contributed by atoms with Gasteiger partial charge in [0.25, 0.3) is 5.92 Å². The van der Waals surface area contributed by atoms with E-state index in [1.54, 1.807) is 18.5 Å². The molecule has 2 aliphatic rings. The number of benzene rings is 1. The van der Waals surface area contributed by atoms with Crippen LogP contribution in [0.5, 0.6) is 0 Å². The number of hydrogen-bond acceptors (Lipinski definition) is 13. The first-order valence-corrected chi connectivity index (χ1v) is 14.7. The highest BCUT2D eigenvalue weighted by Gasteiger charge is 2.27. The summed E-state index contributed by atoms with van der Waals surface area (Å²) in [7, 11) is 0. The van der Waals surface area contributed by atoms with Gasteiger partial charge in [-0.05, 0) is 36.4 Å². The Hall–Kier alpha value is -4.92. The second-order valence-electron chi connectivity index (χ2n) is 10.7. The summed E-state index contributed by atoms with van der Waals surface area (Å²) < 4.78 is 26.4. The molecule has 0 spiro atoms. The molecular formula is C29H36ClF2N13. The van der Waals surface area contributed by atoms with Crippen LogP contribution in [0.1, 0.15) is 12.6 Å². The molecule has 2 fully saturated rings. The number of rotatable bonds is 5. The van der Waals surface area contributed by atoms with Gasteiger partial charge in [0.15, 0.2) is 11.6 Å². The van der Waals surface area contributed by atoms with Gasteiger partial charge in [-0.3, -0.25) is 4.98 Å². The van der Waals surface area contributed by atoms with E-state index in [-0.39, 0.29) is 17.6 Å². The van der Waals surface area contributed by atoms with Crippen molar-refractivity contribution in [3.63, 3.8) is 0 Å². The molecular weight excluding hydrogens is 604 g/mol. The summed E-state index contributed by atoms with van der Waals surface area (Å²) in [5.74, 6) is -1.79. The number of nitrogens with zero attached hydrogens (tertiary/aromatic N) is 9. The zero-order valence-electron chi connectivity index (χ0n) is 24.8. The number of halogens is 3. The molecule has 0 radical (unpaired) electrons. The highest BCUT2D eigenvalue weighted by atomic mass is 35.5. The normalized spacial score (nSPS) is 15.5. The van der Waals surface area contributed by atoms with Gasteiger partial charge < -0.3 is 42.5 Å². The first-order valence-electron chi connectivity index (χ1n) is 14.3. The van der Waals surface area contributed by atoms with Crippen LogP contribution in [0.25, 0.3) is 0 Å². The van der Waals surface area contributed by atoms with Crippen LogP contribution in [0, 0.1) is 0 Å². The molecule has 8 N–H and O–H groups in total. The van der Waals surface area contributed by atoms with Crippen LogP contribution in [0.15, 0.2) is 55.0 Å². The molecule has 0 amide bonds. The lowest BCUT2D eigenvalue weighted by atomic mass is 10.2. The van der Waals surface area contributed by atoms with Crippen LogP contribution in [0.2, 0.25) is 5.02 Å². The van der Waals surface area contributed by atoms with E-state index in [1.807, 2.05) is 24.3 Å². The fourth-order valence-electron chi connectivity index (χ4n) is 5.19. The highest BCUT2D eigenvalue weighted by Crippen LogP contribution is 2.28. The first kappa shape index (κ1) is 31.5. The Balaban J connectivity index is 0.000000179. The topological polar surface area (TPSA) is 181 Å². The van der Waals surface area contributed by atoms with E-state index in [1.165, 1.54) is 18.0 Å². The maximum Gasteiger partial charge on any atom is 0.286 e. The van der Waals surface area contributed by atoms with Crippen LogP contribution in [0.4, 0.5) is 55.1 Å². The van der Waals surface area contributed by atoms with Gasteiger partial charge in [-0.25, -0.2) is 9.97 Å². The van der Waals surface area contributed by atoms with Crippen LogP contribution in [-0.2, 0) is 5.92 Å². The molecule has 1 aromatic carbocycles. The van der Waals surface area contributed by atoms with Gasteiger partial charge >= 0.3 is 0 Å². The Morgan fingerprint density at radius 2 is 1.02 bits per heavy atom. The van der Waals surface area contributed by atoms with Gasteiger partial charge in [-0.2, -0.15) is 18.7 Å². The molecule has 2 saturated heterocycles. The standard InChI is InChI=1S/C15H19F2N7.C14H17ClN6/c1-15(16,17)12-3-2-10(8-20-12)23-4-6-24(7-5-23)11-9-21-14(19)22-13(11)18;15-10-1-3-11(4-2-10)20-5-7-21(8-6-20)12-9-18-14(17)19-13(12)16/h2-3,8-9H,4-7H2,1H3,(H4,18,19,21,22);1-4,9H,5-8H2,(H4,16,17,18,19). The molecule has 13 nitrogen and oxygen atoms in total. The predicted molar refractivity (Wildman–Crippen MR) is 176 cm³/mol. The number of piperazine rings is 2. The Labute approximate surface area is 264 Å². The molecule has 6 rings (SSSR count). The fourth-order valence-corrected chi connectivity index (χ4v) is 5.32. The van der Waals surface area contributed by atoms with Gasteiger partial charge in [0.1, 0.15) is 5.69 Å². The quantitative estimate of drug-likeness (QED) is 0.250. The molecule has 45 heavy (non-hydrogen) atoms. The van der Waals surface area contributed by atoms with Crippen LogP contribution in [-0.4, -0.2) is 77.3 Å². The maximum absolute atomic E-state index is 13.2. The maximum atomic E-state index is 13.2. The largest absolute Gasteiger partial charge is 0.382 e. The Morgan fingerprint density at radius 3 is 1.42 bits per heavy atom. The summed E-state index contributed by atoms with van der Waals surface area (Å²) in [6, 6.07) is 10.9. The summed E-state index contributed by atoms with van der Waals surface area (Å²) in [6.07, 6.45) is 4.80. The molecule has 2 aliphatic heterocycles. The van der Waals surface area contributed by atoms with Crippen molar-refractivity contribution < 1.29 is 8.78 Å². The van der Waals surface area contributed by atoms with Crippen LogP contribution < -0.4 is 42.5 Å². The number of nitrogen functional groups attached to an aromatic ring is 4. The van der Waals surface area contributed by atoms with E-state index < -0.39 is 5.92 Å². The molecule has 0 atom stereocenters. The summed E-state index contributed by atoms with van der Waals surface area (Å²) in [6.45, 7) is 7.23. The minimum atomic E-state index is -2.93. The van der Waals surface area contributed by atoms with Crippen molar-refractivity contribution in [3.8, 4) is 0 Å². The molecule has 5 heterocycles. The van der Waals surface area contributed by atoms with Gasteiger partial charge in [-0.15, -0.1) is 0 Å². The smallest absolute Gasteiger partial charge is 0.286 e. The second kappa shape index (κ2) is 13.4. The number of nitrogens with two attached hydrogens (primary N) is 4. The molecule has 238 valence electrons. The number of alkyl halides is 2. The van der Waals surface area contributed by atoms with E-state index in [0.29, 0.717) is 37.8 Å². The van der Waals surface area contributed by atoms with E-state index in [9.17, 15) is 8.78 Å². The highest BCUT2D eigenvalue weighted by molar-refractivity contribution is 6.30. The van der Waals surface area contributed by atoms with Crippen molar-refractivity contribution in [2.45, 2.75) is 12.8 Å². The van der Waals surface area contributed by atoms with E-state index in [0.717, 1.165) is 55.2 Å². The molecule has 3 aromatic heterocycles. The minimum Gasteiger partial charge on any atom is -0.382 e. The molecule has 0 aliphatic carbocycles. The Morgan fingerprint density at radius 1 is 0.600 bits per heavy atom. The number of hydrogen-bond donors (Lipinski definition) is 4. The third-order valence-corrected chi connectivity index (χ3v) is 7.88. The SMILES string of the molecule is CC(F)(F)c1ccc(N2CCN(c3cnc(N)nc3N)CC2)cn1.Nc1ncc(N2CCN(c3ccc(Cl)cc3)CC2)c(N)n1. The summed E-state index contributed by atoms with van der Waals surface area (Å²) in [4.78, 5) is 28.5. The average Bonchev–Trinajstić information content (AvgIpc) is 3.02. The lowest BCUT2D eigenvalue weighted by Gasteiger charge is -2.37. The van der Waals surface area contributed by atoms with Gasteiger partial charge in [0.2, 0.25) is 11.9 Å². The van der Waals surface area contributed by atoms with Crippen LogP contribution in [0.3, 0.4) is 0 Å². The van der Waals surface area contributed by atoms with Crippen molar-refractivity contribution in [3.05, 3.63) is 65.7 Å². The molecule has 4 aromatic rings. The predicted octanol–water partition coefficient (Wildman–Crippen LogP) is 3.10. The lowest BCUT2D eigenvalue weighted by Crippen LogP contribution is -2.47. The van der Waals surface area contributed by atoms with Crippen molar-refractivity contribution in [2.75, 3.05) is 94.9 Å². The van der Waals surface area contributed by atoms with Crippen LogP contribution >= 0.6 is 11.6 Å². The Bertz CT molecular complexity index is 1570. The lowest BCUT2D eigenvalue weighted by molar-refractivity contribution is 0.0128. The zero-order chi connectivity index (χ0) is 32.1. The first-order chi connectivity index (χ1) is 21.5. The minimum absolute atomic E-state index is 0.147. The third kappa shape index (κ3) is 7.78.